The molecule has 0 aliphatic rings. The van der Waals surface area contributed by atoms with Crippen LogP contribution in [0.3, 0.4) is 0 Å². The highest BCUT2D eigenvalue weighted by Crippen LogP contribution is 2.22. The van der Waals surface area contributed by atoms with Gasteiger partial charge in [0.2, 0.25) is 0 Å². The third-order valence-corrected chi connectivity index (χ3v) is 3.39. The largest absolute Gasteiger partial charge is 0.317 e. The monoisotopic (exact) mass is 247 g/mol. The van der Waals surface area contributed by atoms with E-state index in [4.69, 9.17) is 0 Å². The molecule has 0 saturated heterocycles. The maximum absolute atomic E-state index is 3.37. The summed E-state index contributed by atoms with van der Waals surface area (Å²) in [6.45, 7) is 11.2. The van der Waals surface area contributed by atoms with E-state index in [1.165, 1.54) is 43.4 Å². The summed E-state index contributed by atoms with van der Waals surface area (Å²) >= 11 is 0. The molecule has 1 nitrogen and oxygen atoms in total. The number of nitrogens with one attached hydrogen (secondary N) is 1. The molecule has 0 heterocycles. The van der Waals surface area contributed by atoms with Crippen LogP contribution in [0.4, 0.5) is 0 Å². The van der Waals surface area contributed by atoms with Crippen LogP contribution in [0, 0.1) is 0 Å². The van der Waals surface area contributed by atoms with E-state index >= 15 is 0 Å². The average Bonchev–Trinajstić information content (AvgIpc) is 2.33. The Labute approximate surface area is 113 Å². The molecule has 18 heavy (non-hydrogen) atoms. The van der Waals surface area contributed by atoms with Crippen LogP contribution in [0.5, 0.6) is 0 Å². The van der Waals surface area contributed by atoms with Crippen LogP contribution in [-0.2, 0) is 11.8 Å². The van der Waals surface area contributed by atoms with E-state index in [1.807, 2.05) is 0 Å². The van der Waals surface area contributed by atoms with Gasteiger partial charge in [0.05, 0.1) is 0 Å². The fraction of sp³-hybridized carbons (Fsp3) is 0.647. The highest BCUT2D eigenvalue weighted by molar-refractivity contribution is 5.27. The first-order valence-corrected chi connectivity index (χ1v) is 7.34. The molecule has 0 unspecified atom stereocenters. The molecule has 1 heteroatoms. The molecule has 0 spiro atoms. The smallest absolute Gasteiger partial charge is 0.00490 e. The van der Waals surface area contributed by atoms with Gasteiger partial charge in [0.1, 0.15) is 0 Å². The van der Waals surface area contributed by atoms with Crippen molar-refractivity contribution in [3.05, 3.63) is 35.4 Å². The van der Waals surface area contributed by atoms with Gasteiger partial charge in [-0.15, -0.1) is 0 Å². The van der Waals surface area contributed by atoms with Crippen molar-refractivity contribution in [1.82, 2.24) is 5.32 Å². The molecule has 0 fully saturated rings. The number of hydrogen-bond donors (Lipinski definition) is 1. The van der Waals surface area contributed by atoms with Gasteiger partial charge in [-0.1, -0.05) is 58.4 Å². The zero-order valence-corrected chi connectivity index (χ0v) is 12.6. The summed E-state index contributed by atoms with van der Waals surface area (Å²) in [5.41, 5.74) is 3.18. The second-order valence-corrected chi connectivity index (χ2v) is 6.11. The lowest BCUT2D eigenvalue weighted by Gasteiger charge is -2.19. The van der Waals surface area contributed by atoms with Gasteiger partial charge in [-0.2, -0.15) is 0 Å². The molecule has 0 aliphatic carbocycles. The molecule has 0 radical (unpaired) electrons. The molecular weight excluding hydrogens is 218 g/mol. The Bertz CT molecular complexity index is 318. The number of rotatable bonds is 7. The summed E-state index contributed by atoms with van der Waals surface area (Å²) in [7, 11) is 0. The molecule has 0 aliphatic heterocycles. The van der Waals surface area contributed by atoms with E-state index < -0.39 is 0 Å². The predicted octanol–water partition coefficient (Wildman–Crippen LogP) is 4.31. The third-order valence-electron chi connectivity index (χ3n) is 3.39. The van der Waals surface area contributed by atoms with Gasteiger partial charge in [-0.05, 0) is 48.9 Å². The number of unbranched alkanes of at least 4 members (excludes halogenated alkanes) is 2. The molecule has 0 saturated carbocycles. The normalized spacial score (nSPS) is 11.8. The van der Waals surface area contributed by atoms with E-state index in [1.54, 1.807) is 0 Å². The summed E-state index contributed by atoms with van der Waals surface area (Å²) in [6, 6.07) is 9.16. The minimum atomic E-state index is 0.268. The van der Waals surface area contributed by atoms with Crippen molar-refractivity contribution >= 4 is 0 Å². The molecule has 0 atom stereocenters. The first-order valence-electron chi connectivity index (χ1n) is 7.34. The van der Waals surface area contributed by atoms with Crippen molar-refractivity contribution in [2.75, 3.05) is 13.1 Å². The van der Waals surface area contributed by atoms with Gasteiger partial charge in [-0.25, -0.2) is 0 Å². The minimum absolute atomic E-state index is 0.268. The first kappa shape index (κ1) is 15.2. The maximum Gasteiger partial charge on any atom is -0.00490 e. The van der Waals surface area contributed by atoms with Gasteiger partial charge in [-0.3, -0.25) is 0 Å². The van der Waals surface area contributed by atoms with Gasteiger partial charge >= 0.3 is 0 Å². The maximum atomic E-state index is 3.37. The van der Waals surface area contributed by atoms with E-state index in [-0.39, 0.29) is 5.41 Å². The van der Waals surface area contributed by atoms with Crippen molar-refractivity contribution in [3.8, 4) is 0 Å². The van der Waals surface area contributed by atoms with Crippen LogP contribution >= 0.6 is 0 Å². The highest BCUT2D eigenvalue weighted by atomic mass is 14.8. The molecule has 1 aromatic carbocycles. The van der Waals surface area contributed by atoms with E-state index in [2.05, 4.69) is 57.3 Å². The predicted molar refractivity (Wildman–Crippen MR) is 81.2 cm³/mol. The van der Waals surface area contributed by atoms with Gasteiger partial charge in [0.15, 0.2) is 0 Å². The fourth-order valence-electron chi connectivity index (χ4n) is 2.10. The Balaban J connectivity index is 2.27. The molecule has 1 N–H and O–H groups in total. The van der Waals surface area contributed by atoms with E-state index in [9.17, 15) is 0 Å². The quantitative estimate of drug-likeness (QED) is 0.708. The summed E-state index contributed by atoms with van der Waals surface area (Å²) in [4.78, 5) is 0. The lowest BCUT2D eigenvalue weighted by atomic mass is 9.86. The Morgan fingerprint density at radius 3 is 2.17 bits per heavy atom. The van der Waals surface area contributed by atoms with Crippen LogP contribution in [0.15, 0.2) is 24.3 Å². The molecule has 1 aromatic rings. The average molecular weight is 247 g/mol. The molecule has 1 rings (SSSR count). The molecule has 102 valence electrons. The van der Waals surface area contributed by atoms with Gasteiger partial charge in [0.25, 0.3) is 0 Å². The standard InChI is InChI=1S/C17H29N/c1-5-18-14-8-6-7-9-15-10-12-16(13-11-15)17(2,3)4/h10-13,18H,5-9,14H2,1-4H3. The fourth-order valence-corrected chi connectivity index (χ4v) is 2.10. The van der Waals surface area contributed by atoms with Gasteiger partial charge in [0, 0.05) is 0 Å². The molecule has 0 aromatic heterocycles. The van der Waals surface area contributed by atoms with Crippen LogP contribution in [-0.4, -0.2) is 13.1 Å². The Morgan fingerprint density at radius 1 is 0.944 bits per heavy atom. The second-order valence-electron chi connectivity index (χ2n) is 6.11. The third kappa shape index (κ3) is 5.68. The molecule has 0 bridgehead atoms. The first-order chi connectivity index (χ1) is 8.54. The highest BCUT2D eigenvalue weighted by Gasteiger charge is 2.12. The van der Waals surface area contributed by atoms with Crippen molar-refractivity contribution in [1.29, 1.82) is 0 Å². The van der Waals surface area contributed by atoms with Crippen LogP contribution in [0.25, 0.3) is 0 Å². The van der Waals surface area contributed by atoms with Crippen molar-refractivity contribution < 1.29 is 0 Å². The summed E-state index contributed by atoms with van der Waals surface area (Å²) in [5.74, 6) is 0. The van der Waals surface area contributed by atoms with Gasteiger partial charge < -0.3 is 5.32 Å². The van der Waals surface area contributed by atoms with Crippen molar-refractivity contribution in [2.24, 2.45) is 0 Å². The van der Waals surface area contributed by atoms with Crippen LogP contribution in [0.1, 0.15) is 58.1 Å². The molecular formula is C17H29N. The zero-order chi connectivity index (χ0) is 13.4. The minimum Gasteiger partial charge on any atom is -0.317 e. The Kier molecular flexibility index (Phi) is 6.42. The lowest BCUT2D eigenvalue weighted by molar-refractivity contribution is 0.589. The van der Waals surface area contributed by atoms with E-state index in [0.717, 1.165) is 6.54 Å². The van der Waals surface area contributed by atoms with Crippen molar-refractivity contribution in [2.45, 2.75) is 58.8 Å². The summed E-state index contributed by atoms with van der Waals surface area (Å²) in [6.07, 6.45) is 5.15. The number of hydrogen-bond acceptors (Lipinski definition) is 1. The topological polar surface area (TPSA) is 12.0 Å². The van der Waals surface area contributed by atoms with Crippen molar-refractivity contribution in [3.63, 3.8) is 0 Å². The van der Waals surface area contributed by atoms with Crippen LogP contribution in [0.2, 0.25) is 0 Å². The Morgan fingerprint density at radius 2 is 1.61 bits per heavy atom. The zero-order valence-electron chi connectivity index (χ0n) is 12.6. The summed E-state index contributed by atoms with van der Waals surface area (Å²) in [5, 5.41) is 3.37. The lowest BCUT2D eigenvalue weighted by Crippen LogP contribution is -2.13. The summed E-state index contributed by atoms with van der Waals surface area (Å²) < 4.78 is 0. The number of aryl methyl sites for hydroxylation is 1. The second kappa shape index (κ2) is 7.58. The number of benzene rings is 1. The van der Waals surface area contributed by atoms with Crippen LogP contribution < -0.4 is 5.32 Å². The Hall–Kier alpha value is -0.820. The SMILES string of the molecule is CCNCCCCCc1ccc(C(C)(C)C)cc1. The molecule has 0 amide bonds. The van der Waals surface area contributed by atoms with E-state index in [0.29, 0.717) is 0 Å².